The molecule has 3 nitrogen and oxygen atoms in total. The average Bonchev–Trinajstić information content (AvgIpc) is 2.54. The average molecular weight is 306 g/mol. The van der Waals surface area contributed by atoms with Crippen LogP contribution in [0, 0.1) is 11.6 Å². The number of aromatic amines is 1. The van der Waals surface area contributed by atoms with Gasteiger partial charge < -0.3 is 9.72 Å². The molecular formula is C18H14N2OS. The monoisotopic (exact) mass is 306 g/mol. The molecule has 0 atom stereocenters. The lowest BCUT2D eigenvalue weighted by Gasteiger charge is -2.20. The van der Waals surface area contributed by atoms with Gasteiger partial charge in [0.25, 0.3) is 0 Å². The molecule has 2 aromatic carbocycles. The number of nitrogens with zero attached hydrogens (tertiary/aromatic N) is 1. The number of rotatable bonds is 1. The minimum absolute atomic E-state index is 0.597. The predicted octanol–water partition coefficient (Wildman–Crippen LogP) is 4.81. The zero-order valence-electron chi connectivity index (χ0n) is 12.1. The summed E-state index contributed by atoms with van der Waals surface area (Å²) in [4.78, 5) is 7.81. The Bertz CT molecular complexity index is 916. The predicted molar refractivity (Wildman–Crippen MR) is 88.9 cm³/mol. The van der Waals surface area contributed by atoms with Crippen molar-refractivity contribution in [2.24, 2.45) is 0 Å². The Morgan fingerprint density at radius 3 is 2.77 bits per heavy atom. The van der Waals surface area contributed by atoms with Crippen LogP contribution in [0.5, 0.6) is 11.6 Å². The molecule has 0 radical (unpaired) electrons. The number of H-pyrrole nitrogens is 1. The lowest BCUT2D eigenvalue weighted by molar-refractivity contribution is 0.439. The van der Waals surface area contributed by atoms with Crippen LogP contribution in [-0.4, -0.2) is 9.97 Å². The van der Waals surface area contributed by atoms with Crippen molar-refractivity contribution in [3.63, 3.8) is 0 Å². The fourth-order valence-electron chi connectivity index (χ4n) is 2.70. The lowest BCUT2D eigenvalue weighted by atomic mass is 10.0. The molecule has 3 aromatic rings. The van der Waals surface area contributed by atoms with Crippen LogP contribution in [0.2, 0.25) is 0 Å². The van der Waals surface area contributed by atoms with E-state index < -0.39 is 0 Å². The van der Waals surface area contributed by atoms with Gasteiger partial charge in [0.2, 0.25) is 5.88 Å². The third-order valence-corrected chi connectivity index (χ3v) is 4.16. The molecule has 0 fully saturated rings. The molecule has 0 saturated heterocycles. The van der Waals surface area contributed by atoms with Crippen LogP contribution in [0.4, 0.5) is 0 Å². The zero-order chi connectivity index (χ0) is 15.1. The van der Waals surface area contributed by atoms with E-state index in [1.54, 1.807) is 0 Å². The second-order valence-corrected chi connectivity index (χ2v) is 5.84. The van der Waals surface area contributed by atoms with E-state index in [1.807, 2.05) is 36.4 Å². The van der Waals surface area contributed by atoms with Crippen molar-refractivity contribution in [3.05, 3.63) is 69.9 Å². The second kappa shape index (κ2) is 5.07. The number of hydrogen-bond acceptors (Lipinski definition) is 3. The van der Waals surface area contributed by atoms with Crippen LogP contribution in [0.1, 0.15) is 16.7 Å². The molecule has 22 heavy (non-hydrogen) atoms. The van der Waals surface area contributed by atoms with Crippen molar-refractivity contribution in [2.45, 2.75) is 13.3 Å². The molecule has 0 unspecified atom stereocenters. The van der Waals surface area contributed by atoms with E-state index in [9.17, 15) is 0 Å². The normalized spacial score (nSPS) is 12.2. The molecule has 0 aliphatic carbocycles. The van der Waals surface area contributed by atoms with Gasteiger partial charge in [-0.25, -0.2) is 4.98 Å². The van der Waals surface area contributed by atoms with E-state index in [2.05, 4.69) is 29.0 Å². The van der Waals surface area contributed by atoms with Crippen LogP contribution in [-0.2, 0) is 6.42 Å². The highest BCUT2D eigenvalue weighted by Gasteiger charge is 2.20. The van der Waals surface area contributed by atoms with Gasteiger partial charge in [0.1, 0.15) is 16.2 Å². The fraction of sp³-hybridized carbons (Fsp3) is 0.111. The van der Waals surface area contributed by atoms with Gasteiger partial charge in [-0.05, 0) is 18.6 Å². The lowest BCUT2D eigenvalue weighted by Crippen LogP contribution is -2.08. The van der Waals surface area contributed by atoms with Gasteiger partial charge in [0.15, 0.2) is 0 Å². The maximum Gasteiger partial charge on any atom is 0.205 e. The van der Waals surface area contributed by atoms with E-state index in [1.165, 1.54) is 5.56 Å². The minimum Gasteiger partial charge on any atom is -0.440 e. The fourth-order valence-corrected chi connectivity index (χ4v) is 2.96. The molecule has 1 N–H and O–H groups in total. The molecule has 0 bridgehead atoms. The van der Waals surface area contributed by atoms with Crippen molar-refractivity contribution in [1.82, 2.24) is 9.97 Å². The summed E-state index contributed by atoms with van der Waals surface area (Å²) >= 11 is 5.48. The van der Waals surface area contributed by atoms with E-state index in [0.29, 0.717) is 10.5 Å². The van der Waals surface area contributed by atoms with Gasteiger partial charge in [-0.2, -0.15) is 0 Å². The highest BCUT2D eigenvalue weighted by atomic mass is 32.1. The zero-order valence-corrected chi connectivity index (χ0v) is 12.9. The number of nitrogens with one attached hydrogen (secondary N) is 1. The van der Waals surface area contributed by atoms with Crippen molar-refractivity contribution < 1.29 is 4.74 Å². The van der Waals surface area contributed by atoms with Crippen LogP contribution < -0.4 is 4.74 Å². The summed E-state index contributed by atoms with van der Waals surface area (Å²) in [7, 11) is 0. The Morgan fingerprint density at radius 2 is 1.95 bits per heavy atom. The molecule has 0 saturated carbocycles. The number of benzene rings is 2. The van der Waals surface area contributed by atoms with Crippen molar-refractivity contribution in [3.8, 4) is 23.0 Å². The molecule has 108 valence electrons. The third kappa shape index (κ3) is 2.22. The molecule has 0 spiro atoms. The molecule has 1 aromatic heterocycles. The Labute approximate surface area is 133 Å². The Morgan fingerprint density at radius 1 is 1.14 bits per heavy atom. The van der Waals surface area contributed by atoms with E-state index in [4.69, 9.17) is 17.0 Å². The molecule has 2 heterocycles. The summed E-state index contributed by atoms with van der Waals surface area (Å²) in [5.41, 5.74) is 4.32. The van der Waals surface area contributed by atoms with Gasteiger partial charge in [0, 0.05) is 12.0 Å². The van der Waals surface area contributed by atoms with E-state index >= 15 is 0 Å². The maximum atomic E-state index is 6.01. The smallest absolute Gasteiger partial charge is 0.205 e. The topological polar surface area (TPSA) is 37.9 Å². The van der Waals surface area contributed by atoms with Crippen molar-refractivity contribution >= 4 is 12.2 Å². The molecule has 1 aliphatic rings. The second-order valence-electron chi connectivity index (χ2n) is 5.45. The Balaban J connectivity index is 1.83. The van der Waals surface area contributed by atoms with Gasteiger partial charge in [0.05, 0.1) is 5.56 Å². The Kier molecular flexibility index (Phi) is 3.05. The van der Waals surface area contributed by atoms with Crippen molar-refractivity contribution in [1.29, 1.82) is 0 Å². The summed E-state index contributed by atoms with van der Waals surface area (Å²) in [6.07, 6.45) is 0.754. The number of aryl methyl sites for hydroxylation is 1. The molecular weight excluding hydrogens is 292 g/mol. The first kappa shape index (κ1) is 13.2. The third-order valence-electron chi connectivity index (χ3n) is 3.82. The molecule has 1 aliphatic heterocycles. The van der Waals surface area contributed by atoms with E-state index in [-0.39, 0.29) is 0 Å². The first-order valence-corrected chi connectivity index (χ1v) is 7.57. The summed E-state index contributed by atoms with van der Waals surface area (Å²) in [6, 6.07) is 16.1. The minimum atomic E-state index is 0.597. The van der Waals surface area contributed by atoms with Gasteiger partial charge in [-0.1, -0.05) is 60.2 Å². The van der Waals surface area contributed by atoms with Gasteiger partial charge in [-0.3, -0.25) is 0 Å². The van der Waals surface area contributed by atoms with Gasteiger partial charge >= 0.3 is 0 Å². The largest absolute Gasteiger partial charge is 0.440 e. The van der Waals surface area contributed by atoms with E-state index in [0.717, 1.165) is 34.7 Å². The van der Waals surface area contributed by atoms with Crippen LogP contribution in [0.25, 0.3) is 11.4 Å². The molecule has 0 amide bonds. The van der Waals surface area contributed by atoms with Crippen LogP contribution >= 0.6 is 12.2 Å². The summed E-state index contributed by atoms with van der Waals surface area (Å²) in [5.74, 6) is 2.32. The first-order valence-electron chi connectivity index (χ1n) is 7.17. The van der Waals surface area contributed by atoms with Crippen LogP contribution in [0.3, 0.4) is 0 Å². The maximum absolute atomic E-state index is 6.01. The SMILES string of the molecule is Cc1ccc2c(c1)Cc1c([nH]c(-c3ccccc3)nc1=S)O2. The molecule has 4 heteroatoms. The molecule has 4 rings (SSSR count). The van der Waals surface area contributed by atoms with Gasteiger partial charge in [-0.15, -0.1) is 0 Å². The summed E-state index contributed by atoms with van der Waals surface area (Å²) < 4.78 is 6.61. The highest BCUT2D eigenvalue weighted by molar-refractivity contribution is 7.71. The Hall–Kier alpha value is -2.46. The number of fused-ring (bicyclic) bond motifs is 2. The standard InChI is InChI=1S/C18H14N2OS/c1-11-7-8-15-13(9-11)10-14-17(21-15)19-16(20-18(14)22)12-5-3-2-4-6-12/h2-9H,10H2,1H3,(H,19,20,22). The quantitative estimate of drug-likeness (QED) is 0.513. The van der Waals surface area contributed by atoms with Crippen LogP contribution in [0.15, 0.2) is 48.5 Å². The summed E-state index contributed by atoms with van der Waals surface area (Å²) in [6.45, 7) is 2.08. The highest BCUT2D eigenvalue weighted by Crippen LogP contribution is 2.36. The number of ether oxygens (including phenoxy) is 1. The van der Waals surface area contributed by atoms with Crippen molar-refractivity contribution in [2.75, 3.05) is 0 Å². The number of hydrogen-bond donors (Lipinski definition) is 1. The first-order chi connectivity index (χ1) is 10.7. The number of aromatic nitrogens is 2. The summed E-state index contributed by atoms with van der Waals surface area (Å²) in [5, 5.41) is 0.